The minimum Gasteiger partial charge on any atom is -0.299 e. The molecule has 20 heavy (non-hydrogen) atoms. The molecule has 3 heteroatoms. The molecule has 100 valence electrons. The van der Waals surface area contributed by atoms with Gasteiger partial charge >= 0.3 is 0 Å². The van der Waals surface area contributed by atoms with Gasteiger partial charge in [0.2, 0.25) is 0 Å². The minimum atomic E-state index is 0.908. The molecule has 1 aliphatic rings. The molecule has 2 heterocycles. The minimum absolute atomic E-state index is 0.908. The van der Waals surface area contributed by atoms with Crippen molar-refractivity contribution >= 4 is 21.4 Å². The Morgan fingerprint density at radius 1 is 1.00 bits per heavy atom. The number of aryl methyl sites for hydroxylation is 2. The van der Waals surface area contributed by atoms with E-state index in [1.807, 2.05) is 12.1 Å². The maximum Gasteiger partial charge on any atom is 0.145 e. The van der Waals surface area contributed by atoms with Gasteiger partial charge in [0, 0.05) is 11.8 Å². The summed E-state index contributed by atoms with van der Waals surface area (Å²) >= 11 is 3.56. The molecule has 0 atom stereocenters. The van der Waals surface area contributed by atoms with Crippen LogP contribution < -0.4 is 0 Å². The fourth-order valence-electron chi connectivity index (χ4n) is 3.08. The van der Waals surface area contributed by atoms with Crippen molar-refractivity contribution < 1.29 is 0 Å². The van der Waals surface area contributed by atoms with E-state index in [1.165, 1.54) is 42.4 Å². The molecule has 0 unspecified atom stereocenters. The van der Waals surface area contributed by atoms with Crippen LogP contribution in [0.5, 0.6) is 0 Å². The van der Waals surface area contributed by atoms with Crippen LogP contribution in [0.1, 0.15) is 24.0 Å². The van der Waals surface area contributed by atoms with Gasteiger partial charge in [-0.1, -0.05) is 18.2 Å². The van der Waals surface area contributed by atoms with Gasteiger partial charge in [-0.3, -0.25) is 4.40 Å². The molecule has 4 rings (SSSR count). The van der Waals surface area contributed by atoms with Crippen LogP contribution in [0, 0.1) is 0 Å². The van der Waals surface area contributed by atoms with Crippen LogP contribution in [0.15, 0.2) is 47.2 Å². The van der Waals surface area contributed by atoms with Crippen molar-refractivity contribution in [2.45, 2.75) is 25.7 Å². The Morgan fingerprint density at radius 3 is 2.75 bits per heavy atom. The first-order valence-electron chi connectivity index (χ1n) is 7.08. The third kappa shape index (κ3) is 1.88. The third-order valence-electron chi connectivity index (χ3n) is 4.11. The summed E-state index contributed by atoms with van der Waals surface area (Å²) in [5.74, 6) is 1.01. The van der Waals surface area contributed by atoms with Crippen molar-refractivity contribution in [1.82, 2.24) is 9.38 Å². The maximum atomic E-state index is 4.69. The number of imidazole rings is 1. The van der Waals surface area contributed by atoms with E-state index >= 15 is 0 Å². The summed E-state index contributed by atoms with van der Waals surface area (Å²) in [6.45, 7) is 0. The third-order valence-corrected chi connectivity index (χ3v) is 4.69. The molecular weight excluding hydrogens is 312 g/mol. The number of fused-ring (bicyclic) bond motifs is 2. The fraction of sp³-hybridized carbons (Fsp3) is 0.235. The first-order valence-corrected chi connectivity index (χ1v) is 7.87. The number of aromatic nitrogens is 2. The lowest BCUT2D eigenvalue weighted by Gasteiger charge is -2.16. The van der Waals surface area contributed by atoms with Gasteiger partial charge in [-0.2, -0.15) is 0 Å². The number of benzene rings is 1. The van der Waals surface area contributed by atoms with Crippen LogP contribution in [0.25, 0.3) is 16.9 Å². The molecule has 0 fully saturated rings. The van der Waals surface area contributed by atoms with Gasteiger partial charge in [-0.05, 0) is 70.9 Å². The van der Waals surface area contributed by atoms with E-state index < -0.39 is 0 Å². The zero-order valence-corrected chi connectivity index (χ0v) is 12.7. The predicted molar refractivity (Wildman–Crippen MR) is 85.0 cm³/mol. The van der Waals surface area contributed by atoms with Crippen molar-refractivity contribution in [1.29, 1.82) is 0 Å². The Bertz CT molecular complexity index is 789. The Kier molecular flexibility index (Phi) is 2.88. The predicted octanol–water partition coefficient (Wildman–Crippen LogP) is 4.64. The van der Waals surface area contributed by atoms with Gasteiger partial charge in [0.05, 0.1) is 5.52 Å². The molecule has 2 aromatic heterocycles. The van der Waals surface area contributed by atoms with E-state index in [0.29, 0.717) is 0 Å². The molecule has 0 bridgehead atoms. The highest BCUT2D eigenvalue weighted by molar-refractivity contribution is 9.10. The maximum absolute atomic E-state index is 4.69. The summed E-state index contributed by atoms with van der Waals surface area (Å²) in [7, 11) is 0. The van der Waals surface area contributed by atoms with E-state index in [1.54, 1.807) is 0 Å². The van der Waals surface area contributed by atoms with Gasteiger partial charge in [-0.25, -0.2) is 4.98 Å². The van der Waals surface area contributed by atoms with Gasteiger partial charge in [0.25, 0.3) is 0 Å². The lowest BCUT2D eigenvalue weighted by molar-refractivity contribution is 0.686. The van der Waals surface area contributed by atoms with Crippen molar-refractivity contribution in [3.63, 3.8) is 0 Å². The molecule has 0 radical (unpaired) electrons. The van der Waals surface area contributed by atoms with Gasteiger partial charge in [0.15, 0.2) is 0 Å². The standard InChI is InChI=1S/C17H15BrN2/c18-16-15-7-3-4-10-20(15)17(19-16)14-9-8-12-5-1-2-6-13(12)11-14/h3-4,7-11H,1-2,5-6H2. The number of halogens is 1. The second-order valence-corrected chi connectivity index (χ2v) is 6.12. The topological polar surface area (TPSA) is 17.3 Å². The number of hydrogen-bond donors (Lipinski definition) is 0. The van der Waals surface area contributed by atoms with E-state index in [9.17, 15) is 0 Å². The van der Waals surface area contributed by atoms with Crippen LogP contribution in [-0.2, 0) is 12.8 Å². The molecule has 1 aliphatic carbocycles. The Balaban J connectivity index is 1.91. The van der Waals surface area contributed by atoms with E-state index in [-0.39, 0.29) is 0 Å². The number of pyridine rings is 1. The monoisotopic (exact) mass is 326 g/mol. The number of hydrogen-bond acceptors (Lipinski definition) is 1. The van der Waals surface area contributed by atoms with Crippen molar-refractivity contribution in [2.75, 3.05) is 0 Å². The van der Waals surface area contributed by atoms with Gasteiger partial charge in [0.1, 0.15) is 10.4 Å². The highest BCUT2D eigenvalue weighted by Crippen LogP contribution is 2.29. The SMILES string of the molecule is Brc1nc(-c2ccc3c(c2)CCCC3)n2ccccc12. The van der Waals surface area contributed by atoms with Crippen molar-refractivity contribution in [3.05, 3.63) is 58.3 Å². The van der Waals surface area contributed by atoms with E-state index in [0.717, 1.165) is 15.9 Å². The second kappa shape index (κ2) is 4.74. The zero-order valence-electron chi connectivity index (χ0n) is 11.1. The highest BCUT2D eigenvalue weighted by atomic mass is 79.9. The van der Waals surface area contributed by atoms with Gasteiger partial charge in [-0.15, -0.1) is 0 Å². The average molecular weight is 327 g/mol. The molecular formula is C17H15BrN2. The molecule has 1 aromatic carbocycles. The van der Waals surface area contributed by atoms with Gasteiger partial charge < -0.3 is 0 Å². The average Bonchev–Trinajstić information content (AvgIpc) is 2.85. The van der Waals surface area contributed by atoms with Crippen molar-refractivity contribution in [3.8, 4) is 11.4 Å². The Morgan fingerprint density at radius 2 is 1.85 bits per heavy atom. The van der Waals surface area contributed by atoms with Crippen LogP contribution in [-0.4, -0.2) is 9.38 Å². The second-order valence-electron chi connectivity index (χ2n) is 5.37. The molecule has 0 saturated carbocycles. The zero-order chi connectivity index (χ0) is 13.5. The quantitative estimate of drug-likeness (QED) is 0.636. The molecule has 2 nitrogen and oxygen atoms in total. The van der Waals surface area contributed by atoms with Crippen LogP contribution in [0.3, 0.4) is 0 Å². The molecule has 0 amide bonds. The molecule has 0 saturated heterocycles. The summed E-state index contributed by atoms with van der Waals surface area (Å²) < 4.78 is 3.06. The molecule has 0 N–H and O–H groups in total. The van der Waals surface area contributed by atoms with Crippen LogP contribution in [0.2, 0.25) is 0 Å². The molecule has 0 spiro atoms. The summed E-state index contributed by atoms with van der Waals surface area (Å²) in [5, 5.41) is 0. The smallest absolute Gasteiger partial charge is 0.145 e. The first kappa shape index (κ1) is 12.2. The molecule has 0 aliphatic heterocycles. The van der Waals surface area contributed by atoms with Crippen LogP contribution >= 0.6 is 15.9 Å². The number of rotatable bonds is 1. The lowest BCUT2D eigenvalue weighted by Crippen LogP contribution is -2.02. The lowest BCUT2D eigenvalue weighted by atomic mass is 9.90. The van der Waals surface area contributed by atoms with E-state index in [4.69, 9.17) is 0 Å². The normalized spacial score (nSPS) is 14.4. The summed E-state index contributed by atoms with van der Waals surface area (Å²) in [6, 6.07) is 13.0. The first-order chi connectivity index (χ1) is 9.83. The highest BCUT2D eigenvalue weighted by Gasteiger charge is 2.14. The summed E-state index contributed by atoms with van der Waals surface area (Å²) in [5.41, 5.74) is 5.33. The molecule has 3 aromatic rings. The van der Waals surface area contributed by atoms with Crippen LogP contribution in [0.4, 0.5) is 0 Å². The Hall–Kier alpha value is -1.61. The Labute approximate surface area is 126 Å². The van der Waals surface area contributed by atoms with E-state index in [2.05, 4.69) is 55.8 Å². The largest absolute Gasteiger partial charge is 0.299 e. The summed E-state index contributed by atoms with van der Waals surface area (Å²) in [6.07, 6.45) is 7.13. The fourth-order valence-corrected chi connectivity index (χ4v) is 3.57. The van der Waals surface area contributed by atoms with Crippen molar-refractivity contribution in [2.24, 2.45) is 0 Å². The summed E-state index contributed by atoms with van der Waals surface area (Å²) in [4.78, 5) is 4.69. The number of nitrogens with zero attached hydrogens (tertiary/aromatic N) is 2.